The Kier molecular flexibility index (Phi) is 6.22. The van der Waals surface area contributed by atoms with Gasteiger partial charge in [0, 0.05) is 48.5 Å². The van der Waals surface area contributed by atoms with Crippen LogP contribution in [0.1, 0.15) is 22.3 Å². The first-order chi connectivity index (χ1) is 17.8. The summed E-state index contributed by atoms with van der Waals surface area (Å²) >= 11 is 0. The molecule has 5 rings (SSSR count). The van der Waals surface area contributed by atoms with Gasteiger partial charge in [-0.3, -0.25) is 14.4 Å². The predicted molar refractivity (Wildman–Crippen MR) is 134 cm³/mol. The molecule has 3 aromatic carbocycles. The molecular formula is C27H21F2N5O3. The normalized spacial score (nSPS) is 12.1. The van der Waals surface area contributed by atoms with Crippen LogP contribution in [-0.4, -0.2) is 34.7 Å². The summed E-state index contributed by atoms with van der Waals surface area (Å²) in [5.74, 6) is -1.88. The van der Waals surface area contributed by atoms with Crippen LogP contribution in [0.2, 0.25) is 0 Å². The first kappa shape index (κ1) is 23.9. The number of carbonyl (C=O) groups excluding carboxylic acids is 3. The number of carbonyl (C=O) groups is 3. The fourth-order valence-corrected chi connectivity index (χ4v) is 4.29. The zero-order valence-electron chi connectivity index (χ0n) is 19.6. The topological polar surface area (TPSA) is 107 Å². The van der Waals surface area contributed by atoms with Crippen LogP contribution in [0.15, 0.2) is 67.0 Å². The minimum absolute atomic E-state index is 0.182. The first-order valence-corrected chi connectivity index (χ1v) is 11.4. The molecule has 8 nitrogen and oxygen atoms in total. The molecule has 0 saturated heterocycles. The van der Waals surface area contributed by atoms with Crippen molar-refractivity contribution in [3.05, 3.63) is 89.8 Å². The monoisotopic (exact) mass is 501 g/mol. The molecule has 0 radical (unpaired) electrons. The van der Waals surface area contributed by atoms with E-state index in [1.807, 2.05) is 0 Å². The van der Waals surface area contributed by atoms with Crippen LogP contribution in [-0.2, 0) is 16.1 Å². The molecule has 10 heteroatoms. The van der Waals surface area contributed by atoms with Crippen LogP contribution >= 0.6 is 0 Å². The van der Waals surface area contributed by atoms with Crippen molar-refractivity contribution >= 4 is 29.1 Å². The average Bonchev–Trinajstić information content (AvgIpc) is 3.55. The number of H-pyrrole nitrogens is 1. The van der Waals surface area contributed by atoms with Gasteiger partial charge in [0.2, 0.25) is 11.8 Å². The molecule has 186 valence electrons. The first-order valence-electron chi connectivity index (χ1n) is 11.4. The maximum atomic E-state index is 15.2. The number of halogens is 2. The number of benzene rings is 3. The van der Waals surface area contributed by atoms with Crippen LogP contribution < -0.4 is 15.5 Å². The van der Waals surface area contributed by atoms with E-state index in [0.29, 0.717) is 33.8 Å². The number of nitrogens with zero attached hydrogens (tertiary/aromatic N) is 2. The molecule has 0 aliphatic carbocycles. The van der Waals surface area contributed by atoms with E-state index in [4.69, 9.17) is 0 Å². The van der Waals surface area contributed by atoms with E-state index >= 15 is 4.39 Å². The quantitative estimate of drug-likeness (QED) is 0.343. The van der Waals surface area contributed by atoms with Crippen molar-refractivity contribution in [2.45, 2.75) is 13.0 Å². The summed E-state index contributed by atoms with van der Waals surface area (Å²) in [6.07, 6.45) is 2.76. The minimum Gasteiger partial charge on any atom is -0.348 e. The van der Waals surface area contributed by atoms with Gasteiger partial charge >= 0.3 is 0 Å². The van der Waals surface area contributed by atoms with E-state index in [1.54, 1.807) is 24.5 Å². The Morgan fingerprint density at radius 2 is 1.76 bits per heavy atom. The zero-order chi connectivity index (χ0) is 26.1. The lowest BCUT2D eigenvalue weighted by Crippen LogP contribution is -2.30. The number of aromatic nitrogens is 2. The second-order valence-electron chi connectivity index (χ2n) is 8.48. The summed E-state index contributed by atoms with van der Waals surface area (Å²) in [6, 6.07) is 13.0. The van der Waals surface area contributed by atoms with Gasteiger partial charge in [-0.15, -0.1) is 0 Å². The van der Waals surface area contributed by atoms with Gasteiger partial charge in [-0.05, 0) is 59.7 Å². The number of hydrogen-bond donors (Lipinski definition) is 3. The summed E-state index contributed by atoms with van der Waals surface area (Å²) in [5, 5.41) is 5.31. The Balaban J connectivity index is 1.33. The fraction of sp³-hybridized carbons (Fsp3) is 0.111. The van der Waals surface area contributed by atoms with E-state index in [-0.39, 0.29) is 23.7 Å². The lowest BCUT2D eigenvalue weighted by Gasteiger charge is -2.17. The zero-order valence-corrected chi connectivity index (χ0v) is 19.6. The molecule has 2 heterocycles. The Hall–Kier alpha value is -4.86. The van der Waals surface area contributed by atoms with Crippen molar-refractivity contribution in [2.75, 3.05) is 17.3 Å². The van der Waals surface area contributed by atoms with Crippen molar-refractivity contribution in [2.24, 2.45) is 0 Å². The molecule has 0 bridgehead atoms. The largest absolute Gasteiger partial charge is 0.348 e. The van der Waals surface area contributed by atoms with Crippen molar-refractivity contribution < 1.29 is 23.2 Å². The lowest BCUT2D eigenvalue weighted by molar-refractivity contribution is -0.125. The van der Waals surface area contributed by atoms with Crippen molar-refractivity contribution in [1.29, 1.82) is 0 Å². The van der Waals surface area contributed by atoms with Gasteiger partial charge < -0.3 is 20.5 Å². The maximum Gasteiger partial charge on any atom is 0.252 e. The molecule has 3 amide bonds. The third-order valence-electron chi connectivity index (χ3n) is 6.16. The molecule has 0 unspecified atom stereocenters. The Bertz CT molecular complexity index is 1520. The third-order valence-corrected chi connectivity index (χ3v) is 6.16. The molecule has 0 saturated carbocycles. The van der Waals surface area contributed by atoms with E-state index < -0.39 is 29.9 Å². The van der Waals surface area contributed by atoms with Gasteiger partial charge in [0.05, 0.1) is 5.56 Å². The Morgan fingerprint density at radius 3 is 2.46 bits per heavy atom. The van der Waals surface area contributed by atoms with Gasteiger partial charge in [-0.2, -0.15) is 0 Å². The van der Waals surface area contributed by atoms with Crippen LogP contribution in [0.5, 0.6) is 0 Å². The number of amides is 3. The minimum atomic E-state index is -0.621. The fourth-order valence-electron chi connectivity index (χ4n) is 4.29. The van der Waals surface area contributed by atoms with E-state index in [0.717, 1.165) is 0 Å². The van der Waals surface area contributed by atoms with E-state index in [2.05, 4.69) is 20.6 Å². The van der Waals surface area contributed by atoms with Crippen LogP contribution in [0.4, 0.5) is 20.2 Å². The van der Waals surface area contributed by atoms with Crippen LogP contribution in [0.25, 0.3) is 22.5 Å². The van der Waals surface area contributed by atoms with Crippen LogP contribution in [0.3, 0.4) is 0 Å². The van der Waals surface area contributed by atoms with Gasteiger partial charge in [0.15, 0.2) is 0 Å². The van der Waals surface area contributed by atoms with E-state index in [1.165, 1.54) is 54.4 Å². The van der Waals surface area contributed by atoms with Crippen molar-refractivity contribution in [1.82, 2.24) is 15.3 Å². The lowest BCUT2D eigenvalue weighted by atomic mass is 9.92. The molecule has 0 atom stereocenters. The average molecular weight is 501 g/mol. The van der Waals surface area contributed by atoms with Gasteiger partial charge in [-0.1, -0.05) is 6.07 Å². The molecule has 1 aliphatic rings. The highest BCUT2D eigenvalue weighted by Crippen LogP contribution is 2.36. The maximum absolute atomic E-state index is 15.2. The standard InChI is InChI=1S/C27H21F2N5O3/c1-34(17-5-2-15(28)3-6-17)24(36)13-23(35)33-16-4-7-19(22(29)12-16)18-8-9-20(26-30-10-11-31-26)25-21(18)14-32-27(25)37/h2-12H,13-14H2,1H3,(H,30,31)(H,32,37)(H,33,35). The van der Waals surface area contributed by atoms with E-state index in [9.17, 15) is 18.8 Å². The SMILES string of the molecule is CN(C(=O)CC(=O)Nc1ccc(-c2ccc(-c3ncc[nH]3)c3c2CNC3=O)c(F)c1)c1ccc(F)cc1. The molecular weight excluding hydrogens is 480 g/mol. The highest BCUT2D eigenvalue weighted by molar-refractivity contribution is 6.09. The highest BCUT2D eigenvalue weighted by atomic mass is 19.1. The summed E-state index contributed by atoms with van der Waals surface area (Å²) < 4.78 is 28.3. The summed E-state index contributed by atoms with van der Waals surface area (Å²) in [5.41, 5.74) is 3.16. The van der Waals surface area contributed by atoms with Crippen molar-refractivity contribution in [3.8, 4) is 22.5 Å². The summed E-state index contributed by atoms with van der Waals surface area (Å²) in [6.45, 7) is 0.250. The number of fused-ring (bicyclic) bond motifs is 1. The molecule has 3 N–H and O–H groups in total. The number of aromatic amines is 1. The molecule has 0 spiro atoms. The summed E-state index contributed by atoms with van der Waals surface area (Å²) in [7, 11) is 1.48. The van der Waals surface area contributed by atoms with Crippen molar-refractivity contribution in [3.63, 3.8) is 0 Å². The second-order valence-corrected chi connectivity index (χ2v) is 8.48. The number of hydrogen-bond acceptors (Lipinski definition) is 4. The highest BCUT2D eigenvalue weighted by Gasteiger charge is 2.28. The van der Waals surface area contributed by atoms with Gasteiger partial charge in [-0.25, -0.2) is 13.8 Å². The smallest absolute Gasteiger partial charge is 0.252 e. The Morgan fingerprint density at radius 1 is 1.03 bits per heavy atom. The molecule has 4 aromatic rings. The number of anilines is 2. The molecule has 1 aromatic heterocycles. The summed E-state index contributed by atoms with van der Waals surface area (Å²) in [4.78, 5) is 45.8. The molecule has 0 fully saturated rings. The predicted octanol–water partition coefficient (Wildman–Crippen LogP) is 4.26. The molecule has 1 aliphatic heterocycles. The molecule has 37 heavy (non-hydrogen) atoms. The second kappa shape index (κ2) is 9.65. The van der Waals surface area contributed by atoms with Gasteiger partial charge in [0.25, 0.3) is 5.91 Å². The number of rotatable bonds is 6. The number of nitrogens with one attached hydrogen (secondary N) is 3. The van der Waals surface area contributed by atoms with Gasteiger partial charge in [0.1, 0.15) is 23.9 Å². The number of imidazole rings is 1. The Labute approximate surface area is 210 Å². The van der Waals surface area contributed by atoms with Crippen LogP contribution in [0, 0.1) is 11.6 Å². The third kappa shape index (κ3) is 4.68.